The van der Waals surface area contributed by atoms with Crippen LogP contribution in [0.4, 0.5) is 0 Å². The van der Waals surface area contributed by atoms with Gasteiger partial charge in [-0.2, -0.15) is 4.98 Å². The van der Waals surface area contributed by atoms with Crippen LogP contribution in [0.3, 0.4) is 0 Å². The Balaban J connectivity index is 1.61. The molecule has 0 radical (unpaired) electrons. The third kappa shape index (κ3) is 2.57. The number of aromatic nitrogens is 2. The Morgan fingerprint density at radius 1 is 1.39 bits per heavy atom. The van der Waals surface area contributed by atoms with E-state index in [2.05, 4.69) is 15.0 Å². The minimum Gasteiger partial charge on any atom is -0.385 e. The summed E-state index contributed by atoms with van der Waals surface area (Å²) >= 11 is 0. The monoisotopic (exact) mass is 251 g/mol. The largest absolute Gasteiger partial charge is 0.385 e. The summed E-state index contributed by atoms with van der Waals surface area (Å²) in [6, 6.07) is 0.359. The molecule has 1 saturated heterocycles. The van der Waals surface area contributed by atoms with Crippen molar-refractivity contribution in [2.24, 2.45) is 0 Å². The Morgan fingerprint density at radius 2 is 2.28 bits per heavy atom. The van der Waals surface area contributed by atoms with Gasteiger partial charge in [0, 0.05) is 26.2 Å². The van der Waals surface area contributed by atoms with E-state index in [9.17, 15) is 0 Å². The summed E-state index contributed by atoms with van der Waals surface area (Å²) in [5.74, 6) is 2.30. The quantitative estimate of drug-likeness (QED) is 0.725. The van der Waals surface area contributed by atoms with Crippen molar-refractivity contribution >= 4 is 0 Å². The fourth-order valence-electron chi connectivity index (χ4n) is 2.68. The van der Waals surface area contributed by atoms with Crippen LogP contribution in [0, 0.1) is 0 Å². The van der Waals surface area contributed by atoms with Gasteiger partial charge in [-0.15, -0.1) is 0 Å². The van der Waals surface area contributed by atoms with Gasteiger partial charge in [-0.3, -0.25) is 4.90 Å². The first-order valence-electron chi connectivity index (χ1n) is 6.95. The van der Waals surface area contributed by atoms with E-state index in [1.807, 2.05) is 0 Å². The number of nitrogens with zero attached hydrogens (tertiary/aromatic N) is 3. The van der Waals surface area contributed by atoms with E-state index in [4.69, 9.17) is 9.26 Å². The van der Waals surface area contributed by atoms with Gasteiger partial charge in [-0.05, 0) is 38.6 Å². The maximum Gasteiger partial charge on any atom is 0.229 e. The molecule has 0 spiro atoms. The Bertz CT molecular complexity index is 389. The van der Waals surface area contributed by atoms with E-state index in [1.54, 1.807) is 7.11 Å². The van der Waals surface area contributed by atoms with Crippen LogP contribution in [-0.2, 0) is 4.74 Å². The summed E-state index contributed by atoms with van der Waals surface area (Å²) in [5.41, 5.74) is 0. The van der Waals surface area contributed by atoms with Gasteiger partial charge >= 0.3 is 0 Å². The fourth-order valence-corrected chi connectivity index (χ4v) is 2.68. The maximum absolute atomic E-state index is 5.36. The molecule has 0 aromatic carbocycles. The second-order valence-electron chi connectivity index (χ2n) is 5.31. The number of hydrogen-bond donors (Lipinski definition) is 0. The van der Waals surface area contributed by atoms with Gasteiger partial charge in [-0.1, -0.05) is 5.16 Å². The molecule has 5 heteroatoms. The molecule has 1 aliphatic heterocycles. The average Bonchev–Trinajstić information content (AvgIpc) is 2.93. The molecule has 0 bridgehead atoms. The molecular formula is C13H21N3O2. The molecule has 2 aliphatic rings. The van der Waals surface area contributed by atoms with Crippen molar-refractivity contribution in [3.8, 4) is 0 Å². The van der Waals surface area contributed by atoms with Crippen molar-refractivity contribution in [3.05, 3.63) is 11.7 Å². The lowest BCUT2D eigenvalue weighted by Crippen LogP contribution is -2.26. The van der Waals surface area contributed by atoms with Crippen molar-refractivity contribution < 1.29 is 9.26 Å². The van der Waals surface area contributed by atoms with Crippen LogP contribution in [0.25, 0.3) is 0 Å². The molecule has 1 aromatic heterocycles. The topological polar surface area (TPSA) is 51.4 Å². The van der Waals surface area contributed by atoms with Crippen molar-refractivity contribution in [1.82, 2.24) is 15.0 Å². The van der Waals surface area contributed by atoms with E-state index in [1.165, 1.54) is 19.3 Å². The maximum atomic E-state index is 5.36. The standard InChI is InChI=1S/C13H21N3O2/c1-17-9-3-8-16-7-2-4-11(16)12-14-13(18-15-12)10-5-6-10/h10-11H,2-9H2,1H3. The van der Waals surface area contributed by atoms with Gasteiger partial charge in [0.2, 0.25) is 5.89 Å². The first kappa shape index (κ1) is 12.1. The number of methoxy groups -OCH3 is 1. The normalized spacial score (nSPS) is 24.8. The van der Waals surface area contributed by atoms with Gasteiger partial charge < -0.3 is 9.26 Å². The fraction of sp³-hybridized carbons (Fsp3) is 0.846. The molecule has 5 nitrogen and oxygen atoms in total. The van der Waals surface area contributed by atoms with Crippen LogP contribution in [0.1, 0.15) is 55.8 Å². The van der Waals surface area contributed by atoms with Crippen molar-refractivity contribution in [2.45, 2.75) is 44.1 Å². The Labute approximate surface area is 107 Å². The Kier molecular flexibility index (Phi) is 3.61. The van der Waals surface area contributed by atoms with Crippen LogP contribution in [0.5, 0.6) is 0 Å². The molecule has 1 atom stereocenters. The minimum absolute atomic E-state index is 0.359. The molecule has 1 unspecified atom stereocenters. The number of rotatable bonds is 6. The number of hydrogen-bond acceptors (Lipinski definition) is 5. The molecule has 3 rings (SSSR count). The second kappa shape index (κ2) is 5.36. The average molecular weight is 251 g/mol. The van der Waals surface area contributed by atoms with Crippen LogP contribution < -0.4 is 0 Å². The molecule has 0 N–H and O–H groups in total. The second-order valence-corrected chi connectivity index (χ2v) is 5.31. The highest BCUT2D eigenvalue weighted by atomic mass is 16.5. The molecule has 100 valence electrons. The van der Waals surface area contributed by atoms with Crippen molar-refractivity contribution in [3.63, 3.8) is 0 Å². The number of likely N-dealkylation sites (tertiary alicyclic amines) is 1. The highest BCUT2D eigenvalue weighted by Crippen LogP contribution is 2.40. The Morgan fingerprint density at radius 3 is 3.06 bits per heavy atom. The molecule has 2 heterocycles. The predicted octanol–water partition coefficient (Wildman–Crippen LogP) is 2.12. The molecule has 2 fully saturated rings. The van der Waals surface area contributed by atoms with E-state index in [0.29, 0.717) is 12.0 Å². The van der Waals surface area contributed by atoms with Crippen LogP contribution in [0.15, 0.2) is 4.52 Å². The van der Waals surface area contributed by atoms with Gasteiger partial charge in [0.1, 0.15) is 0 Å². The number of ether oxygens (including phenoxy) is 1. The zero-order chi connectivity index (χ0) is 12.4. The smallest absolute Gasteiger partial charge is 0.229 e. The zero-order valence-electron chi connectivity index (χ0n) is 11.0. The third-order valence-electron chi connectivity index (χ3n) is 3.84. The summed E-state index contributed by atoms with van der Waals surface area (Å²) in [6.07, 6.45) is 5.87. The third-order valence-corrected chi connectivity index (χ3v) is 3.84. The van der Waals surface area contributed by atoms with Crippen LogP contribution in [0.2, 0.25) is 0 Å². The summed E-state index contributed by atoms with van der Waals surface area (Å²) in [7, 11) is 1.75. The van der Waals surface area contributed by atoms with E-state index >= 15 is 0 Å². The lowest BCUT2D eigenvalue weighted by Gasteiger charge is -2.21. The Hall–Kier alpha value is -0.940. The van der Waals surface area contributed by atoms with E-state index in [-0.39, 0.29) is 0 Å². The zero-order valence-corrected chi connectivity index (χ0v) is 11.0. The molecule has 1 saturated carbocycles. The van der Waals surface area contributed by atoms with Crippen molar-refractivity contribution in [2.75, 3.05) is 26.8 Å². The first-order chi connectivity index (χ1) is 8.88. The molecule has 18 heavy (non-hydrogen) atoms. The molecule has 1 aliphatic carbocycles. The van der Waals surface area contributed by atoms with Crippen LogP contribution >= 0.6 is 0 Å². The molecular weight excluding hydrogens is 230 g/mol. The lowest BCUT2D eigenvalue weighted by atomic mass is 10.2. The summed E-state index contributed by atoms with van der Waals surface area (Å²) < 4.78 is 10.5. The predicted molar refractivity (Wildman–Crippen MR) is 66.3 cm³/mol. The van der Waals surface area contributed by atoms with Gasteiger partial charge in [0.15, 0.2) is 5.82 Å². The SMILES string of the molecule is COCCCN1CCCC1c1noc(C2CC2)n1. The summed E-state index contributed by atoms with van der Waals surface area (Å²) in [6.45, 7) is 3.02. The highest BCUT2D eigenvalue weighted by molar-refractivity contribution is 5.05. The molecule has 1 aromatic rings. The van der Waals surface area contributed by atoms with Gasteiger partial charge in [0.25, 0.3) is 0 Å². The first-order valence-corrected chi connectivity index (χ1v) is 6.95. The minimum atomic E-state index is 0.359. The van der Waals surface area contributed by atoms with E-state index < -0.39 is 0 Å². The summed E-state index contributed by atoms with van der Waals surface area (Å²) in [5, 5.41) is 4.18. The summed E-state index contributed by atoms with van der Waals surface area (Å²) in [4.78, 5) is 7.04. The van der Waals surface area contributed by atoms with Crippen LogP contribution in [-0.4, -0.2) is 41.8 Å². The molecule has 0 amide bonds. The highest BCUT2D eigenvalue weighted by Gasteiger charge is 2.33. The van der Waals surface area contributed by atoms with Gasteiger partial charge in [-0.25, -0.2) is 0 Å². The van der Waals surface area contributed by atoms with E-state index in [0.717, 1.165) is 44.3 Å². The van der Waals surface area contributed by atoms with Crippen molar-refractivity contribution in [1.29, 1.82) is 0 Å². The van der Waals surface area contributed by atoms with Gasteiger partial charge in [0.05, 0.1) is 6.04 Å². The lowest BCUT2D eigenvalue weighted by molar-refractivity contribution is 0.165.